The lowest BCUT2D eigenvalue weighted by Crippen LogP contribution is -2.51. The number of hydrogen-bond donors (Lipinski definition) is 1. The van der Waals surface area contributed by atoms with E-state index in [1.807, 2.05) is 29.4 Å². The highest BCUT2D eigenvalue weighted by atomic mass is 32.1. The molecule has 2 N–H and O–H groups in total. The van der Waals surface area contributed by atoms with Crippen LogP contribution in [0.25, 0.3) is 27.3 Å². The summed E-state index contributed by atoms with van der Waals surface area (Å²) < 4.78 is 2.10. The number of fused-ring (bicyclic) bond motifs is 1. The van der Waals surface area contributed by atoms with Crippen LogP contribution in [0.1, 0.15) is 41.0 Å². The third-order valence-electron chi connectivity index (χ3n) is 5.32. The van der Waals surface area contributed by atoms with Crippen LogP contribution in [0, 0.1) is 5.41 Å². The van der Waals surface area contributed by atoms with E-state index in [2.05, 4.69) is 80.8 Å². The Morgan fingerprint density at radius 2 is 1.63 bits per heavy atom. The van der Waals surface area contributed by atoms with Crippen LogP contribution in [0.5, 0.6) is 0 Å². The highest BCUT2D eigenvalue weighted by molar-refractivity contribution is 7.13. The summed E-state index contributed by atoms with van der Waals surface area (Å²) in [4.78, 5) is 6.26. The normalized spacial score (nSPS) is 12.5. The van der Waals surface area contributed by atoms with E-state index in [4.69, 9.17) is 10.8 Å². The van der Waals surface area contributed by atoms with Crippen molar-refractivity contribution < 1.29 is 0 Å². The Labute approximate surface area is 183 Å². The minimum atomic E-state index is -0.253. The number of benzene rings is 1. The molecular weight excluding hydrogens is 388 g/mol. The number of hydrogen-bond acceptors (Lipinski definition) is 4. The zero-order chi connectivity index (χ0) is 21.5. The quantitative estimate of drug-likeness (QED) is 0.292. The van der Waals surface area contributed by atoms with E-state index in [9.17, 15) is 0 Å². The largest absolute Gasteiger partial charge is 0.288 e. The molecule has 0 saturated heterocycles. The summed E-state index contributed by atoms with van der Waals surface area (Å²) in [6.07, 6.45) is 2.99. The van der Waals surface area contributed by atoms with E-state index in [0.29, 0.717) is 0 Å². The molecule has 0 amide bonds. The Bertz CT molecular complexity index is 1150. The minimum Gasteiger partial charge on any atom is -0.288 e. The molecule has 0 spiro atoms. The second-order valence-electron chi connectivity index (χ2n) is 9.66. The van der Waals surface area contributed by atoms with Crippen LogP contribution >= 0.6 is 11.3 Å². The maximum atomic E-state index is 6.87. The highest BCUT2D eigenvalue weighted by Gasteiger charge is 2.34. The van der Waals surface area contributed by atoms with Crippen LogP contribution in [0.3, 0.4) is 0 Å². The van der Waals surface area contributed by atoms with Crippen LogP contribution in [0.15, 0.2) is 66.2 Å². The molecule has 3 heterocycles. The van der Waals surface area contributed by atoms with Crippen molar-refractivity contribution in [2.24, 2.45) is 11.3 Å². The van der Waals surface area contributed by atoms with Crippen LogP contribution in [0.2, 0.25) is 0 Å². The Morgan fingerprint density at radius 1 is 0.933 bits per heavy atom. The summed E-state index contributed by atoms with van der Waals surface area (Å²) in [5.41, 5.74) is 3.98. The highest BCUT2D eigenvalue weighted by Crippen LogP contribution is 2.41. The van der Waals surface area contributed by atoms with Gasteiger partial charge in [0.25, 0.3) is 0 Å². The summed E-state index contributed by atoms with van der Waals surface area (Å²) in [6, 6.07) is 18.8. The average Bonchev–Trinajstić information content (AvgIpc) is 3.33. The van der Waals surface area contributed by atoms with Crippen LogP contribution in [-0.2, 0) is 0 Å². The van der Waals surface area contributed by atoms with E-state index in [-0.39, 0.29) is 11.0 Å². The molecule has 4 aromatic rings. The minimum absolute atomic E-state index is 0.149. The number of hydrazine groups is 1. The predicted molar refractivity (Wildman–Crippen MR) is 129 cm³/mol. The number of pyridine rings is 1. The maximum Gasteiger partial charge on any atom is 0.156 e. The molecule has 0 saturated carbocycles. The third kappa shape index (κ3) is 3.87. The summed E-state index contributed by atoms with van der Waals surface area (Å²) in [5.74, 6) is 7.79. The third-order valence-corrected chi connectivity index (χ3v) is 6.22. The number of aromatic nitrogens is 2. The summed E-state index contributed by atoms with van der Waals surface area (Å²) in [7, 11) is 0. The molecule has 30 heavy (non-hydrogen) atoms. The summed E-state index contributed by atoms with van der Waals surface area (Å²) in [6.45, 7) is 11.2. The first-order chi connectivity index (χ1) is 14.2. The molecule has 0 atom stereocenters. The van der Waals surface area contributed by atoms with Gasteiger partial charge in [0.1, 0.15) is 11.3 Å². The number of imidazole rings is 1. The molecule has 0 fully saturated rings. The first-order valence-corrected chi connectivity index (χ1v) is 11.2. The van der Waals surface area contributed by atoms with Gasteiger partial charge in [0.05, 0.1) is 5.54 Å². The van der Waals surface area contributed by atoms with E-state index in [1.165, 1.54) is 10.4 Å². The molecule has 4 nitrogen and oxygen atoms in total. The molecule has 0 radical (unpaired) electrons. The number of thiophene rings is 1. The monoisotopic (exact) mass is 418 g/mol. The Morgan fingerprint density at radius 3 is 2.30 bits per heavy atom. The summed E-state index contributed by atoms with van der Waals surface area (Å²) in [5, 5.41) is 4.02. The first kappa shape index (κ1) is 20.6. The van der Waals surface area contributed by atoms with Gasteiger partial charge in [-0.1, -0.05) is 57.2 Å². The van der Waals surface area contributed by atoms with Crippen molar-refractivity contribution in [2.45, 2.75) is 46.6 Å². The van der Waals surface area contributed by atoms with E-state index >= 15 is 0 Å². The van der Waals surface area contributed by atoms with Gasteiger partial charge in [-0.25, -0.2) is 10.8 Å². The van der Waals surface area contributed by atoms with Gasteiger partial charge in [-0.2, -0.15) is 0 Å². The van der Waals surface area contributed by atoms with Gasteiger partial charge in [-0.3, -0.25) is 9.41 Å². The van der Waals surface area contributed by atoms with Gasteiger partial charge < -0.3 is 0 Å². The second kappa shape index (κ2) is 7.56. The van der Waals surface area contributed by atoms with Gasteiger partial charge in [-0.15, -0.1) is 11.3 Å². The lowest BCUT2D eigenvalue weighted by molar-refractivity contribution is 0.272. The first-order valence-electron chi connectivity index (χ1n) is 10.3. The van der Waals surface area contributed by atoms with E-state index in [1.54, 1.807) is 11.3 Å². The van der Waals surface area contributed by atoms with E-state index < -0.39 is 0 Å². The molecule has 156 valence electrons. The fourth-order valence-corrected chi connectivity index (χ4v) is 5.17. The number of nitrogens with zero attached hydrogens (tertiary/aromatic N) is 3. The van der Waals surface area contributed by atoms with Gasteiger partial charge in [0, 0.05) is 22.2 Å². The Hall–Kier alpha value is -2.63. The predicted octanol–water partition coefficient (Wildman–Crippen LogP) is 6.62. The molecule has 5 heteroatoms. The molecule has 0 aliphatic heterocycles. The molecule has 1 aromatic carbocycles. The number of anilines is 1. The summed E-state index contributed by atoms with van der Waals surface area (Å²) >= 11 is 1.74. The van der Waals surface area contributed by atoms with Gasteiger partial charge in [0.15, 0.2) is 5.82 Å². The van der Waals surface area contributed by atoms with Crippen molar-refractivity contribution >= 4 is 22.8 Å². The van der Waals surface area contributed by atoms with Crippen molar-refractivity contribution in [1.82, 2.24) is 9.38 Å². The fourth-order valence-electron chi connectivity index (χ4n) is 4.40. The molecule has 4 rings (SSSR count). The van der Waals surface area contributed by atoms with Crippen molar-refractivity contribution in [3.05, 3.63) is 66.2 Å². The van der Waals surface area contributed by atoms with Gasteiger partial charge in [-0.05, 0) is 49.3 Å². The lowest BCUT2D eigenvalue weighted by Gasteiger charge is -2.40. The molecule has 3 aromatic heterocycles. The Kier molecular flexibility index (Phi) is 5.20. The van der Waals surface area contributed by atoms with Crippen molar-refractivity contribution in [2.75, 3.05) is 5.01 Å². The second-order valence-corrected chi connectivity index (χ2v) is 10.6. The van der Waals surface area contributed by atoms with Gasteiger partial charge in [0.2, 0.25) is 0 Å². The Balaban J connectivity index is 1.94. The number of rotatable bonds is 5. The zero-order valence-electron chi connectivity index (χ0n) is 18.4. The van der Waals surface area contributed by atoms with Crippen molar-refractivity contribution in [3.63, 3.8) is 0 Å². The van der Waals surface area contributed by atoms with Crippen molar-refractivity contribution in [3.8, 4) is 21.7 Å². The SMILES string of the molecule is CC(C)(C)CC(C)(C)N(N)c1c(-c2ccccc2-c2cccs2)nc2ccccn12. The lowest BCUT2D eigenvalue weighted by atomic mass is 9.81. The smallest absolute Gasteiger partial charge is 0.156 e. The van der Waals surface area contributed by atoms with Crippen molar-refractivity contribution in [1.29, 1.82) is 0 Å². The van der Waals surface area contributed by atoms with Gasteiger partial charge >= 0.3 is 0 Å². The molecule has 0 aliphatic rings. The van der Waals surface area contributed by atoms with Crippen LogP contribution in [0.4, 0.5) is 5.82 Å². The average molecular weight is 419 g/mol. The standard InChI is InChI=1S/C25H30N4S/c1-24(2,3)17-25(4,5)29(26)23-22(27-21-14-8-9-15-28(21)23)19-12-7-6-11-18(19)20-13-10-16-30-20/h6-16H,17,26H2,1-5H3. The maximum absolute atomic E-state index is 6.87. The van der Waals surface area contributed by atoms with Crippen LogP contribution in [-0.4, -0.2) is 14.9 Å². The fraction of sp³-hybridized carbons (Fsp3) is 0.320. The van der Waals surface area contributed by atoms with Crippen LogP contribution < -0.4 is 10.9 Å². The topological polar surface area (TPSA) is 46.6 Å². The molecule has 0 unspecified atom stereocenters. The van der Waals surface area contributed by atoms with E-state index in [0.717, 1.165) is 29.1 Å². The molecular formula is C25H30N4S. The number of nitrogens with two attached hydrogens (primary N) is 1. The zero-order valence-corrected chi connectivity index (χ0v) is 19.2. The molecule has 0 aliphatic carbocycles. The molecule has 0 bridgehead atoms.